The first-order valence-electron chi connectivity index (χ1n) is 12.8. The Morgan fingerprint density at radius 3 is 2.58 bits per heavy atom. The Bertz CT molecular complexity index is 1480. The highest BCUT2D eigenvalue weighted by atomic mass is 19.1. The molecule has 0 radical (unpaired) electrons. The van der Waals surface area contributed by atoms with Gasteiger partial charge in [0, 0.05) is 31.1 Å². The standard InChI is InChI=1S/C25H29F2N9O2/c1-25(2)11-14(8-15-6-7-21(37)35(15)25)29-22-18(27)12-28-23(31-22)30-19-10-20(36-24(38)34(3)32-33-36)16(9-17(19)26)13-4-5-13/h9-10,12-15H,4-8,11H2,1-3H3,(H2,28,29,30,31)/t14-,15-/m1/s1. The first-order chi connectivity index (χ1) is 18.1. The third-order valence-corrected chi connectivity index (χ3v) is 7.69. The zero-order chi connectivity index (χ0) is 26.8. The van der Waals surface area contributed by atoms with E-state index in [9.17, 15) is 14.0 Å². The highest BCUT2D eigenvalue weighted by Crippen LogP contribution is 2.44. The van der Waals surface area contributed by atoms with E-state index in [0.29, 0.717) is 30.5 Å². The van der Waals surface area contributed by atoms with Crippen molar-refractivity contribution >= 4 is 23.4 Å². The average Bonchev–Trinajstić information content (AvgIpc) is 3.56. The summed E-state index contributed by atoms with van der Waals surface area (Å²) in [5.41, 5.74) is 0.317. The van der Waals surface area contributed by atoms with Crippen molar-refractivity contribution in [2.75, 3.05) is 10.6 Å². The molecule has 0 spiro atoms. The number of carbonyl (C=O) groups is 1. The van der Waals surface area contributed by atoms with Crippen LogP contribution in [0.3, 0.4) is 0 Å². The van der Waals surface area contributed by atoms with Crippen molar-refractivity contribution in [3.8, 4) is 5.69 Å². The molecule has 1 aromatic carbocycles. The molecular formula is C25H29F2N9O2. The van der Waals surface area contributed by atoms with E-state index >= 15 is 4.39 Å². The third kappa shape index (κ3) is 4.29. The van der Waals surface area contributed by atoms with Crippen LogP contribution in [0.4, 0.5) is 26.2 Å². The predicted octanol–water partition coefficient (Wildman–Crippen LogP) is 3.00. The maximum atomic E-state index is 15.2. The Morgan fingerprint density at radius 1 is 1.08 bits per heavy atom. The van der Waals surface area contributed by atoms with E-state index in [-0.39, 0.29) is 46.9 Å². The molecule has 13 heteroatoms. The smallest absolute Gasteiger partial charge is 0.365 e. The first-order valence-corrected chi connectivity index (χ1v) is 12.8. The fourth-order valence-corrected chi connectivity index (χ4v) is 5.91. The Kier molecular flexibility index (Phi) is 5.69. The van der Waals surface area contributed by atoms with Gasteiger partial charge in [-0.05, 0) is 80.0 Å². The molecule has 4 heterocycles. The van der Waals surface area contributed by atoms with Crippen LogP contribution in [0, 0.1) is 11.6 Å². The number of piperidine rings is 1. The fraction of sp³-hybridized carbons (Fsp3) is 0.520. The van der Waals surface area contributed by atoms with Crippen molar-refractivity contribution in [3.63, 3.8) is 0 Å². The van der Waals surface area contributed by atoms with E-state index in [1.54, 1.807) is 0 Å². The molecule has 3 fully saturated rings. The number of fused-ring (bicyclic) bond motifs is 1. The topological polar surface area (TPSA) is 123 Å². The normalized spacial score (nSPS) is 22.4. The van der Waals surface area contributed by atoms with E-state index in [2.05, 4.69) is 31.0 Å². The van der Waals surface area contributed by atoms with Crippen LogP contribution in [0.5, 0.6) is 0 Å². The number of halogens is 2. The van der Waals surface area contributed by atoms with Gasteiger partial charge in [0.05, 0.1) is 17.6 Å². The van der Waals surface area contributed by atoms with Crippen LogP contribution in [0.25, 0.3) is 5.69 Å². The van der Waals surface area contributed by atoms with Crippen LogP contribution in [0.1, 0.15) is 63.9 Å². The quantitative estimate of drug-likeness (QED) is 0.504. The molecule has 0 bridgehead atoms. The molecule has 2 atom stereocenters. The number of carbonyl (C=O) groups excluding carboxylic acids is 1. The molecule has 2 saturated heterocycles. The van der Waals surface area contributed by atoms with E-state index in [4.69, 9.17) is 0 Å². The largest absolute Gasteiger partial charge is 0.368 e. The number of anilines is 3. The van der Waals surface area contributed by atoms with Crippen molar-refractivity contribution < 1.29 is 13.6 Å². The minimum atomic E-state index is -0.630. The van der Waals surface area contributed by atoms with Crippen molar-refractivity contribution in [1.82, 2.24) is 34.7 Å². The third-order valence-electron chi connectivity index (χ3n) is 7.69. The second kappa shape index (κ2) is 8.84. The van der Waals surface area contributed by atoms with Gasteiger partial charge in [-0.15, -0.1) is 0 Å². The minimum absolute atomic E-state index is 0.00134. The van der Waals surface area contributed by atoms with Crippen molar-refractivity contribution in [2.45, 2.75) is 75.9 Å². The van der Waals surface area contributed by atoms with Gasteiger partial charge in [-0.2, -0.15) is 14.3 Å². The highest BCUT2D eigenvalue weighted by Gasteiger charge is 2.46. The molecule has 1 amide bonds. The lowest BCUT2D eigenvalue weighted by Gasteiger charge is -2.47. The van der Waals surface area contributed by atoms with Crippen LogP contribution >= 0.6 is 0 Å². The van der Waals surface area contributed by atoms with Gasteiger partial charge in [0.1, 0.15) is 5.82 Å². The summed E-state index contributed by atoms with van der Waals surface area (Å²) in [5.74, 6) is -0.870. The number of hydrogen-bond acceptors (Lipinski definition) is 8. The van der Waals surface area contributed by atoms with Crippen molar-refractivity contribution in [1.29, 1.82) is 0 Å². The molecule has 3 aliphatic rings. The summed E-state index contributed by atoms with van der Waals surface area (Å²) in [7, 11) is 1.49. The molecule has 1 saturated carbocycles. The fourth-order valence-electron chi connectivity index (χ4n) is 5.91. The monoisotopic (exact) mass is 525 g/mol. The Balaban J connectivity index is 1.27. The lowest BCUT2D eigenvalue weighted by Crippen LogP contribution is -2.57. The van der Waals surface area contributed by atoms with E-state index in [0.717, 1.165) is 34.8 Å². The summed E-state index contributed by atoms with van der Waals surface area (Å²) in [4.78, 5) is 35.1. The number of hydrogen-bond donors (Lipinski definition) is 2. The molecule has 0 unspecified atom stereocenters. The second-order valence-electron chi connectivity index (χ2n) is 11.0. The summed E-state index contributed by atoms with van der Waals surface area (Å²) in [5, 5.41) is 13.7. The molecule has 2 N–H and O–H groups in total. The number of rotatable bonds is 6. The first kappa shape index (κ1) is 24.4. The Hall–Kier alpha value is -3.90. The van der Waals surface area contributed by atoms with Crippen LogP contribution in [0.2, 0.25) is 0 Å². The zero-order valence-electron chi connectivity index (χ0n) is 21.4. The van der Waals surface area contributed by atoms with Crippen LogP contribution in [-0.2, 0) is 11.8 Å². The summed E-state index contributed by atoms with van der Waals surface area (Å²) < 4.78 is 32.1. The number of nitrogens with zero attached hydrogens (tertiary/aromatic N) is 7. The lowest BCUT2D eigenvalue weighted by molar-refractivity contribution is -0.136. The van der Waals surface area contributed by atoms with E-state index < -0.39 is 17.3 Å². The number of nitrogens with one attached hydrogen (secondary N) is 2. The Labute approximate surface area is 217 Å². The molecule has 2 aromatic heterocycles. The molecule has 38 heavy (non-hydrogen) atoms. The SMILES string of the molecule is Cn1nnn(-c2cc(Nc3ncc(F)c(N[C@@H]4C[C@H]5CCC(=O)N5C(C)(C)C4)n3)c(F)cc2C2CC2)c1=O. The van der Waals surface area contributed by atoms with E-state index in [1.807, 2.05) is 18.7 Å². The minimum Gasteiger partial charge on any atom is -0.365 e. The second-order valence-corrected chi connectivity index (χ2v) is 11.0. The number of aryl methyl sites for hydroxylation is 1. The average molecular weight is 526 g/mol. The summed E-state index contributed by atoms with van der Waals surface area (Å²) in [6, 6.07) is 2.87. The summed E-state index contributed by atoms with van der Waals surface area (Å²) in [6.45, 7) is 4.04. The number of tetrazole rings is 1. The van der Waals surface area contributed by atoms with Crippen LogP contribution < -0.4 is 16.3 Å². The molecule has 6 rings (SSSR count). The molecule has 1 aliphatic carbocycles. The summed E-state index contributed by atoms with van der Waals surface area (Å²) in [6.07, 6.45) is 5.47. The number of aromatic nitrogens is 6. The van der Waals surface area contributed by atoms with Gasteiger partial charge in [0.15, 0.2) is 11.6 Å². The van der Waals surface area contributed by atoms with Gasteiger partial charge < -0.3 is 15.5 Å². The van der Waals surface area contributed by atoms with Gasteiger partial charge >= 0.3 is 5.69 Å². The molecule has 11 nitrogen and oxygen atoms in total. The highest BCUT2D eigenvalue weighted by molar-refractivity contribution is 5.80. The lowest BCUT2D eigenvalue weighted by atomic mass is 9.84. The van der Waals surface area contributed by atoms with Gasteiger partial charge in [0.2, 0.25) is 11.9 Å². The van der Waals surface area contributed by atoms with E-state index in [1.165, 1.54) is 19.2 Å². The maximum absolute atomic E-state index is 15.2. The Morgan fingerprint density at radius 2 is 1.87 bits per heavy atom. The van der Waals surface area contributed by atoms with Crippen molar-refractivity contribution in [3.05, 3.63) is 46.0 Å². The zero-order valence-corrected chi connectivity index (χ0v) is 21.4. The molecular weight excluding hydrogens is 496 g/mol. The van der Waals surface area contributed by atoms with Gasteiger partial charge in [-0.25, -0.2) is 18.6 Å². The number of benzene rings is 1. The van der Waals surface area contributed by atoms with Gasteiger partial charge in [-0.3, -0.25) is 4.79 Å². The maximum Gasteiger partial charge on any atom is 0.368 e. The predicted molar refractivity (Wildman–Crippen MR) is 134 cm³/mol. The van der Waals surface area contributed by atoms with Crippen molar-refractivity contribution in [2.24, 2.45) is 7.05 Å². The number of amides is 1. The van der Waals surface area contributed by atoms with Crippen LogP contribution in [-0.4, -0.2) is 58.2 Å². The van der Waals surface area contributed by atoms with Gasteiger partial charge in [-0.1, -0.05) is 0 Å². The molecule has 200 valence electrons. The molecule has 3 aromatic rings. The molecule has 2 aliphatic heterocycles. The van der Waals surface area contributed by atoms with Gasteiger partial charge in [0.25, 0.3) is 0 Å². The van der Waals surface area contributed by atoms with Crippen LogP contribution in [0.15, 0.2) is 23.1 Å². The summed E-state index contributed by atoms with van der Waals surface area (Å²) >= 11 is 0.